The van der Waals surface area contributed by atoms with Crippen LogP contribution >= 0.6 is 34.8 Å². The molecule has 1 aliphatic rings. The molecule has 0 bridgehead atoms. The second kappa shape index (κ2) is 7.51. The summed E-state index contributed by atoms with van der Waals surface area (Å²) in [5.74, 6) is -0.290. The highest BCUT2D eigenvalue weighted by atomic mass is 35.5. The molecule has 0 radical (unpaired) electrons. The van der Waals surface area contributed by atoms with Gasteiger partial charge in [0.2, 0.25) is 0 Å². The molecule has 0 unspecified atom stereocenters. The van der Waals surface area contributed by atoms with E-state index in [0.717, 1.165) is 11.3 Å². The van der Waals surface area contributed by atoms with E-state index in [1.165, 1.54) is 6.07 Å². The lowest BCUT2D eigenvalue weighted by atomic mass is 9.98. The van der Waals surface area contributed by atoms with Gasteiger partial charge in [-0.25, -0.2) is 4.39 Å². The molecule has 3 aromatic carbocycles. The van der Waals surface area contributed by atoms with Crippen LogP contribution in [0.15, 0.2) is 71.8 Å². The molecule has 1 atom stereocenters. The molecule has 0 saturated carbocycles. The Morgan fingerprint density at radius 2 is 1.63 bits per heavy atom. The van der Waals surface area contributed by atoms with Gasteiger partial charge in [-0.3, -0.25) is 5.01 Å². The summed E-state index contributed by atoms with van der Waals surface area (Å²) in [6, 6.07) is 19.5. The molecular weight excluding hydrogens is 406 g/mol. The van der Waals surface area contributed by atoms with Gasteiger partial charge in [0.15, 0.2) is 0 Å². The zero-order valence-electron chi connectivity index (χ0n) is 14.0. The molecule has 1 aliphatic heterocycles. The van der Waals surface area contributed by atoms with Gasteiger partial charge in [0.25, 0.3) is 0 Å². The molecule has 0 N–H and O–H groups in total. The maximum Gasteiger partial charge on any atom is 0.132 e. The lowest BCUT2D eigenvalue weighted by Crippen LogP contribution is -2.18. The average Bonchev–Trinajstić information content (AvgIpc) is 3.10. The molecule has 27 heavy (non-hydrogen) atoms. The number of benzene rings is 3. The van der Waals surface area contributed by atoms with Crippen molar-refractivity contribution in [3.8, 4) is 0 Å². The number of nitrogens with zero attached hydrogens (tertiary/aromatic N) is 2. The Labute approximate surface area is 171 Å². The van der Waals surface area contributed by atoms with Crippen LogP contribution in [-0.2, 0) is 0 Å². The van der Waals surface area contributed by atoms with E-state index >= 15 is 0 Å². The van der Waals surface area contributed by atoms with Crippen molar-refractivity contribution in [2.24, 2.45) is 5.10 Å². The third-order valence-corrected chi connectivity index (χ3v) is 5.51. The summed E-state index contributed by atoms with van der Waals surface area (Å²) in [4.78, 5) is 0. The quantitative estimate of drug-likeness (QED) is 0.440. The van der Waals surface area contributed by atoms with E-state index in [1.54, 1.807) is 30.3 Å². The standard InChI is InChI=1S/C21H14Cl3FN2/c22-14-7-5-13(6-8-14)21-12-20(16-3-1-2-4-19(16)25)26-27(21)15-9-10-17(23)18(24)11-15/h1-11,21H,12H2/t21-/m1/s1. The van der Waals surface area contributed by atoms with Gasteiger partial charge in [0.1, 0.15) is 5.82 Å². The molecule has 0 aromatic heterocycles. The minimum absolute atomic E-state index is 0.103. The van der Waals surface area contributed by atoms with Gasteiger partial charge >= 0.3 is 0 Å². The van der Waals surface area contributed by atoms with Gasteiger partial charge in [-0.05, 0) is 42.0 Å². The summed E-state index contributed by atoms with van der Waals surface area (Å²) >= 11 is 18.3. The summed E-state index contributed by atoms with van der Waals surface area (Å²) in [6.45, 7) is 0. The Morgan fingerprint density at radius 1 is 0.889 bits per heavy atom. The number of hydrogen-bond donors (Lipinski definition) is 0. The Kier molecular flexibility index (Phi) is 5.09. The minimum Gasteiger partial charge on any atom is -0.257 e. The van der Waals surface area contributed by atoms with Gasteiger partial charge in [-0.15, -0.1) is 0 Å². The summed E-state index contributed by atoms with van der Waals surface area (Å²) in [5, 5.41) is 8.15. The minimum atomic E-state index is -0.290. The zero-order chi connectivity index (χ0) is 19.0. The van der Waals surface area contributed by atoms with E-state index < -0.39 is 0 Å². The van der Waals surface area contributed by atoms with Crippen LogP contribution in [0.4, 0.5) is 10.1 Å². The van der Waals surface area contributed by atoms with E-state index in [-0.39, 0.29) is 11.9 Å². The highest BCUT2D eigenvalue weighted by molar-refractivity contribution is 6.42. The maximum absolute atomic E-state index is 14.3. The van der Waals surface area contributed by atoms with Crippen molar-refractivity contribution < 1.29 is 4.39 Å². The summed E-state index contributed by atoms with van der Waals surface area (Å²) in [7, 11) is 0. The van der Waals surface area contributed by atoms with E-state index in [0.29, 0.717) is 32.8 Å². The van der Waals surface area contributed by atoms with Gasteiger partial charge in [0, 0.05) is 17.0 Å². The second-order valence-corrected chi connectivity index (χ2v) is 7.49. The van der Waals surface area contributed by atoms with Crippen molar-refractivity contribution >= 4 is 46.2 Å². The van der Waals surface area contributed by atoms with Crippen LogP contribution in [0.2, 0.25) is 15.1 Å². The van der Waals surface area contributed by atoms with Crippen molar-refractivity contribution in [3.63, 3.8) is 0 Å². The Hall–Kier alpha value is -2.07. The third-order valence-electron chi connectivity index (χ3n) is 4.52. The van der Waals surface area contributed by atoms with Crippen LogP contribution in [0.25, 0.3) is 0 Å². The first-order chi connectivity index (χ1) is 13.0. The normalized spacial score (nSPS) is 16.5. The number of halogens is 4. The lowest BCUT2D eigenvalue weighted by Gasteiger charge is -2.24. The molecule has 1 heterocycles. The molecule has 0 spiro atoms. The Balaban J connectivity index is 1.79. The molecule has 0 fully saturated rings. The molecule has 3 aromatic rings. The SMILES string of the molecule is Fc1ccccc1C1=NN(c2ccc(Cl)c(Cl)c2)[C@@H](c2ccc(Cl)cc2)C1. The largest absolute Gasteiger partial charge is 0.257 e. The first kappa shape index (κ1) is 18.3. The Morgan fingerprint density at radius 3 is 2.33 bits per heavy atom. The fourth-order valence-electron chi connectivity index (χ4n) is 3.18. The second-order valence-electron chi connectivity index (χ2n) is 6.24. The van der Waals surface area contributed by atoms with Crippen LogP contribution in [0.1, 0.15) is 23.6 Å². The third kappa shape index (κ3) is 3.68. The first-order valence-electron chi connectivity index (χ1n) is 8.35. The fourth-order valence-corrected chi connectivity index (χ4v) is 3.60. The molecule has 0 amide bonds. The summed E-state index contributed by atoms with van der Waals surface area (Å²) in [5.41, 5.74) is 2.99. The fraction of sp³-hybridized carbons (Fsp3) is 0.0952. The van der Waals surface area contributed by atoms with Crippen LogP contribution in [0.5, 0.6) is 0 Å². The monoisotopic (exact) mass is 418 g/mol. The summed E-state index contributed by atoms with van der Waals surface area (Å²) < 4.78 is 14.3. The highest BCUT2D eigenvalue weighted by Crippen LogP contribution is 2.39. The first-order valence-corrected chi connectivity index (χ1v) is 9.48. The zero-order valence-corrected chi connectivity index (χ0v) is 16.3. The van der Waals surface area contributed by atoms with Gasteiger partial charge < -0.3 is 0 Å². The van der Waals surface area contributed by atoms with Crippen molar-refractivity contribution in [2.45, 2.75) is 12.5 Å². The average molecular weight is 420 g/mol. The number of anilines is 1. The van der Waals surface area contributed by atoms with Crippen molar-refractivity contribution in [1.82, 2.24) is 0 Å². The lowest BCUT2D eigenvalue weighted by molar-refractivity contribution is 0.624. The smallest absolute Gasteiger partial charge is 0.132 e. The summed E-state index contributed by atoms with van der Waals surface area (Å²) in [6.07, 6.45) is 0.558. The number of hydrazone groups is 1. The van der Waals surface area contributed by atoms with Gasteiger partial charge in [-0.1, -0.05) is 65.1 Å². The maximum atomic E-state index is 14.3. The van der Waals surface area contributed by atoms with E-state index in [4.69, 9.17) is 39.9 Å². The molecule has 2 nitrogen and oxygen atoms in total. The van der Waals surface area contributed by atoms with Crippen LogP contribution in [-0.4, -0.2) is 5.71 Å². The van der Waals surface area contributed by atoms with Crippen molar-refractivity contribution in [1.29, 1.82) is 0 Å². The molecule has 6 heteroatoms. The molecule has 0 saturated heterocycles. The van der Waals surface area contributed by atoms with Crippen LogP contribution in [0, 0.1) is 5.82 Å². The van der Waals surface area contributed by atoms with Gasteiger partial charge in [0.05, 0.1) is 27.5 Å². The predicted octanol–water partition coefficient (Wildman–Crippen LogP) is 7.14. The topological polar surface area (TPSA) is 15.6 Å². The predicted molar refractivity (Wildman–Crippen MR) is 111 cm³/mol. The van der Waals surface area contributed by atoms with Crippen LogP contribution < -0.4 is 5.01 Å². The molecule has 4 rings (SSSR count). The Bertz CT molecular complexity index is 1020. The van der Waals surface area contributed by atoms with E-state index in [9.17, 15) is 4.39 Å². The van der Waals surface area contributed by atoms with Crippen LogP contribution in [0.3, 0.4) is 0 Å². The molecule has 136 valence electrons. The van der Waals surface area contributed by atoms with Gasteiger partial charge in [-0.2, -0.15) is 5.10 Å². The van der Waals surface area contributed by atoms with E-state index in [1.807, 2.05) is 35.3 Å². The van der Waals surface area contributed by atoms with E-state index in [2.05, 4.69) is 0 Å². The van der Waals surface area contributed by atoms with Crippen molar-refractivity contribution in [3.05, 3.63) is 98.7 Å². The highest BCUT2D eigenvalue weighted by Gasteiger charge is 2.31. The molecular formula is C21H14Cl3FN2. The number of hydrogen-bond acceptors (Lipinski definition) is 2. The number of rotatable bonds is 3. The molecule has 0 aliphatic carbocycles. The van der Waals surface area contributed by atoms with Crippen molar-refractivity contribution in [2.75, 3.05) is 5.01 Å².